The van der Waals surface area contributed by atoms with E-state index in [9.17, 15) is 14.4 Å². The van der Waals surface area contributed by atoms with Crippen molar-refractivity contribution in [1.29, 1.82) is 0 Å². The van der Waals surface area contributed by atoms with Crippen LogP contribution >= 0.6 is 0 Å². The predicted molar refractivity (Wildman–Crippen MR) is 45.9 cm³/mol. The molecular formula is C8H10N2O4. The molecule has 1 aliphatic heterocycles. The van der Waals surface area contributed by atoms with Gasteiger partial charge in [-0.3, -0.25) is 19.3 Å². The van der Waals surface area contributed by atoms with E-state index < -0.39 is 5.91 Å². The fourth-order valence-corrected chi connectivity index (χ4v) is 0.980. The van der Waals surface area contributed by atoms with E-state index in [1.54, 1.807) is 0 Å². The molecule has 14 heavy (non-hydrogen) atoms. The van der Waals surface area contributed by atoms with Crippen molar-refractivity contribution in [1.82, 2.24) is 4.90 Å². The molecule has 0 saturated heterocycles. The molecule has 0 saturated carbocycles. The summed E-state index contributed by atoms with van der Waals surface area (Å²) in [6.45, 7) is 0.0453. The Labute approximate surface area is 80.3 Å². The molecule has 0 unspecified atom stereocenters. The molecule has 0 fully saturated rings. The van der Waals surface area contributed by atoms with Crippen LogP contribution in [-0.4, -0.2) is 42.4 Å². The first-order chi connectivity index (χ1) is 6.61. The molecule has 1 rings (SSSR count). The van der Waals surface area contributed by atoms with Crippen LogP contribution in [0, 0.1) is 0 Å². The summed E-state index contributed by atoms with van der Waals surface area (Å²) in [5.74, 6) is -1.31. The molecule has 6 heteroatoms. The molecule has 2 N–H and O–H groups in total. The molecule has 0 aromatic heterocycles. The highest BCUT2D eigenvalue weighted by molar-refractivity contribution is 6.12. The topological polar surface area (TPSA) is 89.7 Å². The van der Waals surface area contributed by atoms with Crippen LogP contribution in [0.1, 0.15) is 0 Å². The third kappa shape index (κ3) is 2.67. The average Bonchev–Trinajstić information content (AvgIpc) is 2.42. The number of amides is 3. The minimum Gasteiger partial charge on any atom is -0.370 e. The van der Waals surface area contributed by atoms with Crippen LogP contribution in [0.15, 0.2) is 12.2 Å². The monoisotopic (exact) mass is 198 g/mol. The fraction of sp³-hybridized carbons (Fsp3) is 0.375. The van der Waals surface area contributed by atoms with Crippen LogP contribution in [-0.2, 0) is 19.1 Å². The van der Waals surface area contributed by atoms with Gasteiger partial charge in [-0.2, -0.15) is 0 Å². The Morgan fingerprint density at radius 1 is 1.36 bits per heavy atom. The van der Waals surface area contributed by atoms with Gasteiger partial charge in [-0.1, -0.05) is 0 Å². The summed E-state index contributed by atoms with van der Waals surface area (Å²) in [6.07, 6.45) is 2.38. The van der Waals surface area contributed by atoms with Crippen LogP contribution < -0.4 is 5.73 Å². The van der Waals surface area contributed by atoms with E-state index in [0.717, 1.165) is 4.90 Å². The molecule has 0 aliphatic carbocycles. The fourth-order valence-electron chi connectivity index (χ4n) is 0.980. The lowest BCUT2D eigenvalue weighted by Crippen LogP contribution is -2.33. The molecule has 0 radical (unpaired) electrons. The molecule has 0 aromatic carbocycles. The number of nitrogens with two attached hydrogens (primary N) is 1. The summed E-state index contributed by atoms with van der Waals surface area (Å²) in [6, 6.07) is 0. The lowest BCUT2D eigenvalue weighted by molar-refractivity contribution is -0.137. The summed E-state index contributed by atoms with van der Waals surface area (Å²) in [5.41, 5.74) is 4.82. The van der Waals surface area contributed by atoms with E-state index >= 15 is 0 Å². The Kier molecular flexibility index (Phi) is 3.35. The van der Waals surface area contributed by atoms with Gasteiger partial charge in [-0.25, -0.2) is 0 Å². The lowest BCUT2D eigenvalue weighted by Gasteiger charge is -2.12. The van der Waals surface area contributed by atoms with E-state index in [1.807, 2.05) is 0 Å². The highest BCUT2D eigenvalue weighted by atomic mass is 16.5. The van der Waals surface area contributed by atoms with Crippen molar-refractivity contribution in [2.75, 3.05) is 19.8 Å². The van der Waals surface area contributed by atoms with Gasteiger partial charge < -0.3 is 10.5 Å². The average molecular weight is 198 g/mol. The maximum atomic E-state index is 11.0. The van der Waals surface area contributed by atoms with Crippen LogP contribution in [0.25, 0.3) is 0 Å². The van der Waals surface area contributed by atoms with E-state index in [1.165, 1.54) is 12.2 Å². The SMILES string of the molecule is NC(=O)COCCN1C(=O)C=CC1=O. The van der Waals surface area contributed by atoms with Crippen LogP contribution in [0.4, 0.5) is 0 Å². The second kappa shape index (κ2) is 4.52. The number of carbonyl (C=O) groups excluding carboxylic acids is 3. The smallest absolute Gasteiger partial charge is 0.253 e. The van der Waals surface area contributed by atoms with Gasteiger partial charge in [0, 0.05) is 12.2 Å². The van der Waals surface area contributed by atoms with Crippen molar-refractivity contribution in [2.45, 2.75) is 0 Å². The van der Waals surface area contributed by atoms with Gasteiger partial charge in [-0.15, -0.1) is 0 Å². The van der Waals surface area contributed by atoms with Gasteiger partial charge in [0.2, 0.25) is 5.91 Å². The molecule has 0 spiro atoms. The molecule has 0 aromatic rings. The minimum absolute atomic E-state index is 0.113. The quantitative estimate of drug-likeness (QED) is 0.426. The van der Waals surface area contributed by atoms with Crippen molar-refractivity contribution >= 4 is 17.7 Å². The van der Waals surface area contributed by atoms with E-state index in [4.69, 9.17) is 10.5 Å². The van der Waals surface area contributed by atoms with Gasteiger partial charge in [-0.05, 0) is 0 Å². The van der Waals surface area contributed by atoms with Gasteiger partial charge >= 0.3 is 0 Å². The van der Waals surface area contributed by atoms with E-state index in [2.05, 4.69) is 0 Å². The third-order valence-electron chi connectivity index (χ3n) is 1.60. The molecule has 1 aliphatic rings. The first-order valence-corrected chi connectivity index (χ1v) is 4.01. The second-order valence-corrected chi connectivity index (χ2v) is 2.68. The first kappa shape index (κ1) is 10.4. The Morgan fingerprint density at radius 2 is 1.93 bits per heavy atom. The molecule has 6 nitrogen and oxygen atoms in total. The zero-order valence-electron chi connectivity index (χ0n) is 7.43. The molecule has 1 heterocycles. The Hall–Kier alpha value is -1.69. The van der Waals surface area contributed by atoms with Crippen molar-refractivity contribution in [2.24, 2.45) is 5.73 Å². The maximum absolute atomic E-state index is 11.0. The van der Waals surface area contributed by atoms with Crippen LogP contribution in [0.5, 0.6) is 0 Å². The van der Waals surface area contributed by atoms with Crippen molar-refractivity contribution in [3.05, 3.63) is 12.2 Å². The normalized spacial score (nSPS) is 15.3. The number of imide groups is 1. The Bertz CT molecular complexity index is 280. The van der Waals surface area contributed by atoms with Gasteiger partial charge in [0.15, 0.2) is 0 Å². The van der Waals surface area contributed by atoms with Crippen molar-refractivity contribution in [3.63, 3.8) is 0 Å². The van der Waals surface area contributed by atoms with E-state index in [0.29, 0.717) is 0 Å². The number of primary amides is 1. The second-order valence-electron chi connectivity index (χ2n) is 2.68. The highest BCUT2D eigenvalue weighted by Gasteiger charge is 2.22. The zero-order chi connectivity index (χ0) is 10.6. The van der Waals surface area contributed by atoms with Crippen LogP contribution in [0.3, 0.4) is 0 Å². The first-order valence-electron chi connectivity index (χ1n) is 4.01. The minimum atomic E-state index is -0.581. The van der Waals surface area contributed by atoms with Gasteiger partial charge in [0.1, 0.15) is 6.61 Å². The summed E-state index contributed by atoms with van der Waals surface area (Å²) >= 11 is 0. The number of hydrogen-bond acceptors (Lipinski definition) is 4. The summed E-state index contributed by atoms with van der Waals surface area (Å²) in [5, 5.41) is 0. The summed E-state index contributed by atoms with van der Waals surface area (Å²) in [4.78, 5) is 33.3. The highest BCUT2D eigenvalue weighted by Crippen LogP contribution is 2.02. The largest absolute Gasteiger partial charge is 0.370 e. The molecule has 3 amide bonds. The molecule has 76 valence electrons. The standard InChI is InChI=1S/C8H10N2O4/c9-6(11)5-14-4-3-10-7(12)1-2-8(10)13/h1-2H,3-5H2,(H2,9,11). The third-order valence-corrected chi connectivity index (χ3v) is 1.60. The van der Waals surface area contributed by atoms with Gasteiger partial charge in [0.05, 0.1) is 13.2 Å². The Balaban J connectivity index is 2.22. The number of rotatable bonds is 5. The number of hydrogen-bond donors (Lipinski definition) is 1. The van der Waals surface area contributed by atoms with Gasteiger partial charge in [0.25, 0.3) is 11.8 Å². The van der Waals surface area contributed by atoms with Crippen LogP contribution in [0.2, 0.25) is 0 Å². The van der Waals surface area contributed by atoms with E-state index in [-0.39, 0.29) is 31.6 Å². The summed E-state index contributed by atoms with van der Waals surface area (Å²) in [7, 11) is 0. The van der Waals surface area contributed by atoms with Crippen molar-refractivity contribution in [3.8, 4) is 0 Å². The Morgan fingerprint density at radius 3 is 2.43 bits per heavy atom. The van der Waals surface area contributed by atoms with Crippen molar-refractivity contribution < 1.29 is 19.1 Å². The number of ether oxygens (including phenoxy) is 1. The lowest BCUT2D eigenvalue weighted by atomic mass is 10.5. The maximum Gasteiger partial charge on any atom is 0.253 e. The molecular weight excluding hydrogens is 188 g/mol. The predicted octanol–water partition coefficient (Wildman–Crippen LogP) is -1.59. The number of nitrogens with zero attached hydrogens (tertiary/aromatic N) is 1. The summed E-state index contributed by atoms with van der Waals surface area (Å²) < 4.78 is 4.81. The molecule has 0 atom stereocenters. The molecule has 0 bridgehead atoms. The number of carbonyl (C=O) groups is 3. The zero-order valence-corrected chi connectivity index (χ0v) is 7.43.